The second-order valence-corrected chi connectivity index (χ2v) is 9.67. The first-order chi connectivity index (χ1) is 12.9. The zero-order chi connectivity index (χ0) is 19.1. The summed E-state index contributed by atoms with van der Waals surface area (Å²) in [6, 6.07) is 2.72. The molecular formula is C16H19ClFN5O2S2. The predicted molar refractivity (Wildman–Crippen MR) is 103 cm³/mol. The van der Waals surface area contributed by atoms with Crippen LogP contribution in [-0.2, 0) is 10.0 Å². The van der Waals surface area contributed by atoms with Gasteiger partial charge < -0.3 is 5.32 Å². The van der Waals surface area contributed by atoms with Gasteiger partial charge in [0.05, 0.1) is 5.69 Å². The number of aromatic nitrogens is 2. The minimum atomic E-state index is -4.14. The molecule has 3 heterocycles. The number of fused-ring (bicyclic) bond motifs is 1. The molecule has 27 heavy (non-hydrogen) atoms. The lowest BCUT2D eigenvalue weighted by Crippen LogP contribution is -2.44. The van der Waals surface area contributed by atoms with Gasteiger partial charge in [0.1, 0.15) is 16.2 Å². The van der Waals surface area contributed by atoms with Crippen molar-refractivity contribution in [1.82, 2.24) is 14.3 Å². The normalized spacial score (nSPS) is 19.2. The maximum Gasteiger partial charge on any atom is 0.266 e. The molecular weight excluding hydrogens is 413 g/mol. The van der Waals surface area contributed by atoms with Gasteiger partial charge in [0.15, 0.2) is 5.82 Å². The topological polar surface area (TPSA) is 87.2 Å². The molecule has 0 unspecified atom stereocenters. The first-order valence-corrected chi connectivity index (χ1v) is 11.3. The molecule has 0 radical (unpaired) electrons. The molecule has 0 atom stereocenters. The highest BCUT2D eigenvalue weighted by molar-refractivity contribution is 7.93. The maximum atomic E-state index is 14.7. The first-order valence-electron chi connectivity index (χ1n) is 8.68. The Hall–Kier alpha value is -1.49. The number of nitrogens with one attached hydrogen (secondary N) is 2. The smallest absolute Gasteiger partial charge is 0.266 e. The molecule has 1 aromatic carbocycles. The third-order valence-corrected chi connectivity index (χ3v) is 7.77. The van der Waals surface area contributed by atoms with Crippen molar-refractivity contribution in [3.8, 4) is 0 Å². The fourth-order valence-electron chi connectivity index (χ4n) is 4.04. The van der Waals surface area contributed by atoms with Crippen LogP contribution in [0, 0.1) is 5.82 Å². The van der Waals surface area contributed by atoms with Crippen LogP contribution in [-0.4, -0.2) is 47.8 Å². The second kappa shape index (κ2) is 7.16. The summed E-state index contributed by atoms with van der Waals surface area (Å²) in [5.74, 6) is -0.981. The Labute approximate surface area is 166 Å². The highest BCUT2D eigenvalue weighted by atomic mass is 35.5. The molecule has 2 aliphatic heterocycles. The molecule has 2 fully saturated rings. The third kappa shape index (κ3) is 3.51. The molecule has 2 aliphatic rings. The summed E-state index contributed by atoms with van der Waals surface area (Å²) in [6.45, 7) is 2.86. The second-order valence-electron chi connectivity index (χ2n) is 6.86. The lowest BCUT2D eigenvalue weighted by Gasteiger charge is -2.32. The number of hydrogen-bond donors (Lipinski definition) is 2. The molecule has 1 aromatic heterocycles. The van der Waals surface area contributed by atoms with Gasteiger partial charge in [-0.05, 0) is 50.9 Å². The SMILES string of the molecule is O=S(=O)(Nc1ncns1)c1ccc(NCC23CCCN2CCC3)c(Cl)c1F. The van der Waals surface area contributed by atoms with E-state index in [1.165, 1.54) is 18.5 Å². The molecule has 0 spiro atoms. The van der Waals surface area contributed by atoms with Crippen LogP contribution in [0.25, 0.3) is 0 Å². The van der Waals surface area contributed by atoms with Crippen LogP contribution in [0.3, 0.4) is 0 Å². The van der Waals surface area contributed by atoms with Crippen molar-refractivity contribution in [3.63, 3.8) is 0 Å². The van der Waals surface area contributed by atoms with E-state index in [2.05, 4.69) is 24.3 Å². The van der Waals surface area contributed by atoms with E-state index < -0.39 is 20.7 Å². The number of benzene rings is 1. The number of halogens is 2. The summed E-state index contributed by atoms with van der Waals surface area (Å²) in [5, 5.41) is 3.07. The molecule has 11 heteroatoms. The summed E-state index contributed by atoms with van der Waals surface area (Å²) in [4.78, 5) is 5.71. The number of rotatable bonds is 6. The highest BCUT2D eigenvalue weighted by Crippen LogP contribution is 2.39. The summed E-state index contributed by atoms with van der Waals surface area (Å²) in [6.07, 6.45) is 5.76. The van der Waals surface area contributed by atoms with Crippen LogP contribution in [0.4, 0.5) is 15.2 Å². The van der Waals surface area contributed by atoms with E-state index in [9.17, 15) is 12.8 Å². The largest absolute Gasteiger partial charge is 0.382 e. The number of nitrogens with zero attached hydrogens (tertiary/aromatic N) is 3. The Morgan fingerprint density at radius 3 is 2.70 bits per heavy atom. The Morgan fingerprint density at radius 1 is 1.30 bits per heavy atom. The van der Waals surface area contributed by atoms with Crippen molar-refractivity contribution in [1.29, 1.82) is 0 Å². The van der Waals surface area contributed by atoms with Crippen LogP contribution in [0.15, 0.2) is 23.4 Å². The molecule has 2 N–H and O–H groups in total. The van der Waals surface area contributed by atoms with Gasteiger partial charge in [-0.3, -0.25) is 9.62 Å². The van der Waals surface area contributed by atoms with Gasteiger partial charge in [-0.25, -0.2) is 17.8 Å². The van der Waals surface area contributed by atoms with Crippen LogP contribution < -0.4 is 10.0 Å². The Kier molecular flexibility index (Phi) is 5.00. The highest BCUT2D eigenvalue weighted by Gasteiger charge is 2.43. The monoisotopic (exact) mass is 431 g/mol. The molecule has 0 saturated carbocycles. The van der Waals surface area contributed by atoms with Crippen molar-refractivity contribution in [3.05, 3.63) is 29.3 Å². The molecule has 0 bridgehead atoms. The van der Waals surface area contributed by atoms with Gasteiger partial charge in [-0.2, -0.15) is 4.37 Å². The zero-order valence-electron chi connectivity index (χ0n) is 14.4. The lowest BCUT2D eigenvalue weighted by molar-refractivity contribution is 0.209. The van der Waals surface area contributed by atoms with E-state index in [1.54, 1.807) is 0 Å². The standard InChI is InChI=1S/C16H19ClFN5O2S2/c17-13-11(19-9-16-5-1-7-23(16)8-2-6-16)3-4-12(14(13)18)27(24,25)22-15-20-10-21-26-15/h3-4,10,19H,1-2,5-9H2,(H,20,21,22). The van der Waals surface area contributed by atoms with Gasteiger partial charge >= 0.3 is 0 Å². The van der Waals surface area contributed by atoms with Gasteiger partial charge in [-0.15, -0.1) is 0 Å². The van der Waals surface area contributed by atoms with Crippen LogP contribution in [0.2, 0.25) is 5.02 Å². The van der Waals surface area contributed by atoms with Gasteiger partial charge in [0.2, 0.25) is 5.13 Å². The Morgan fingerprint density at radius 2 is 2.04 bits per heavy atom. The van der Waals surface area contributed by atoms with Crippen molar-refractivity contribution >= 4 is 44.0 Å². The van der Waals surface area contributed by atoms with Crippen molar-refractivity contribution in [2.24, 2.45) is 0 Å². The fourth-order valence-corrected chi connectivity index (χ4v) is 6.07. The molecule has 2 saturated heterocycles. The van der Waals surface area contributed by atoms with Crippen LogP contribution >= 0.6 is 23.1 Å². The third-order valence-electron chi connectivity index (χ3n) is 5.34. The van der Waals surface area contributed by atoms with E-state index in [0.717, 1.165) is 50.3 Å². The van der Waals surface area contributed by atoms with Crippen molar-refractivity contribution < 1.29 is 12.8 Å². The number of anilines is 2. The first kappa shape index (κ1) is 18.9. The van der Waals surface area contributed by atoms with E-state index in [4.69, 9.17) is 11.6 Å². The summed E-state index contributed by atoms with van der Waals surface area (Å²) >= 11 is 7.01. The average Bonchev–Trinajstić information content (AvgIpc) is 3.32. The molecule has 0 aliphatic carbocycles. The lowest BCUT2D eigenvalue weighted by atomic mass is 9.94. The maximum absolute atomic E-state index is 14.7. The minimum absolute atomic E-state index is 0.0642. The molecule has 4 rings (SSSR count). The Bertz CT molecular complexity index is 929. The fraction of sp³-hybridized carbons (Fsp3) is 0.500. The van der Waals surface area contributed by atoms with Gasteiger partial charge in [0.25, 0.3) is 10.0 Å². The summed E-state index contributed by atoms with van der Waals surface area (Å²) < 4.78 is 45.4. The van der Waals surface area contributed by atoms with E-state index in [0.29, 0.717) is 12.2 Å². The van der Waals surface area contributed by atoms with Crippen molar-refractivity contribution in [2.45, 2.75) is 36.1 Å². The van der Waals surface area contributed by atoms with Gasteiger partial charge in [0, 0.05) is 23.6 Å². The molecule has 0 amide bonds. The molecule has 146 valence electrons. The minimum Gasteiger partial charge on any atom is -0.382 e. The molecule has 7 nitrogen and oxygen atoms in total. The van der Waals surface area contributed by atoms with Gasteiger partial charge in [-0.1, -0.05) is 11.6 Å². The molecule has 2 aromatic rings. The average molecular weight is 432 g/mol. The Balaban J connectivity index is 1.54. The van der Waals surface area contributed by atoms with E-state index in [1.807, 2.05) is 0 Å². The summed E-state index contributed by atoms with van der Waals surface area (Å²) in [7, 11) is -4.14. The number of sulfonamides is 1. The summed E-state index contributed by atoms with van der Waals surface area (Å²) in [5.41, 5.74) is 0.501. The van der Waals surface area contributed by atoms with E-state index in [-0.39, 0.29) is 15.7 Å². The predicted octanol–water partition coefficient (Wildman–Crippen LogP) is 3.17. The van der Waals surface area contributed by atoms with Crippen molar-refractivity contribution in [2.75, 3.05) is 29.7 Å². The number of hydrogen-bond acceptors (Lipinski definition) is 7. The zero-order valence-corrected chi connectivity index (χ0v) is 16.8. The quantitative estimate of drug-likeness (QED) is 0.730. The van der Waals surface area contributed by atoms with Crippen LogP contribution in [0.1, 0.15) is 25.7 Å². The van der Waals surface area contributed by atoms with E-state index >= 15 is 0 Å². The van der Waals surface area contributed by atoms with Crippen LogP contribution in [0.5, 0.6) is 0 Å².